The predicted molar refractivity (Wildman–Crippen MR) is 86.8 cm³/mol. The van der Waals surface area contributed by atoms with Crippen LogP contribution in [0.3, 0.4) is 0 Å². The Morgan fingerprint density at radius 3 is 1.39 bits per heavy atom. The molecule has 0 amide bonds. The van der Waals surface area contributed by atoms with Crippen molar-refractivity contribution in [1.82, 2.24) is 0 Å². The molecule has 0 atom stereocenters. The van der Waals surface area contributed by atoms with E-state index < -0.39 is 8.07 Å². The molecular weight excluding hydrogens is 300 g/mol. The summed E-state index contributed by atoms with van der Waals surface area (Å²) in [5.41, 5.74) is 0. The molecule has 0 unspecified atom stereocenters. The number of rotatable bonds is 3. The Kier molecular flexibility index (Phi) is 3.78. The third-order valence-electron chi connectivity index (χ3n) is 3.89. The van der Waals surface area contributed by atoms with Crippen LogP contribution in [0.25, 0.3) is 0 Å². The molecular formula is C16H19BrSi. The maximum absolute atomic E-state index is 3.94. The molecule has 18 heavy (non-hydrogen) atoms. The van der Waals surface area contributed by atoms with Crippen LogP contribution in [-0.4, -0.2) is 12.0 Å². The van der Waals surface area contributed by atoms with Crippen LogP contribution in [0, 0.1) is 0 Å². The van der Waals surface area contributed by atoms with Crippen molar-refractivity contribution in [1.29, 1.82) is 0 Å². The summed E-state index contributed by atoms with van der Waals surface area (Å²) in [6.45, 7) is 7.02. The van der Waals surface area contributed by atoms with E-state index in [9.17, 15) is 0 Å². The summed E-state index contributed by atoms with van der Waals surface area (Å²) >= 11 is 3.94. The molecule has 2 heteroatoms. The summed E-state index contributed by atoms with van der Waals surface area (Å²) in [5.74, 6) is 0. The Bertz CT molecular complexity index is 460. The predicted octanol–water partition coefficient (Wildman–Crippen LogP) is 3.59. The largest absolute Gasteiger partial charge is 0.130 e. The van der Waals surface area contributed by atoms with Gasteiger partial charge in [-0.05, 0) is 0 Å². The lowest BCUT2D eigenvalue weighted by Crippen LogP contribution is -2.66. The SMILES string of the molecule is CC(C)(Br)[Si](C)(c1ccccc1)c1ccccc1. The second kappa shape index (κ2) is 5.02. The molecule has 0 nitrogen and oxygen atoms in total. The summed E-state index contributed by atoms with van der Waals surface area (Å²) in [4.78, 5) is 0. The van der Waals surface area contributed by atoms with Crippen LogP contribution in [0.2, 0.25) is 6.55 Å². The van der Waals surface area contributed by atoms with Gasteiger partial charge in [0, 0.05) is 3.95 Å². The van der Waals surface area contributed by atoms with Crippen LogP contribution < -0.4 is 10.4 Å². The van der Waals surface area contributed by atoms with Crippen LogP contribution in [0.15, 0.2) is 60.7 Å². The minimum atomic E-state index is -1.79. The van der Waals surface area contributed by atoms with E-state index in [1.165, 1.54) is 10.4 Å². The van der Waals surface area contributed by atoms with Crippen molar-refractivity contribution in [3.63, 3.8) is 0 Å². The van der Waals surface area contributed by atoms with Gasteiger partial charge in [-0.15, -0.1) is 0 Å². The Morgan fingerprint density at radius 1 is 0.778 bits per heavy atom. The first kappa shape index (κ1) is 13.6. The van der Waals surface area contributed by atoms with Gasteiger partial charge in [0.25, 0.3) is 0 Å². The molecule has 0 aromatic heterocycles. The topological polar surface area (TPSA) is 0 Å². The van der Waals surface area contributed by atoms with Gasteiger partial charge in [-0.3, -0.25) is 0 Å². The highest BCUT2D eigenvalue weighted by Gasteiger charge is 2.44. The fourth-order valence-corrected chi connectivity index (χ4v) is 7.19. The Hall–Kier alpha value is -0.863. The molecule has 2 aromatic rings. The van der Waals surface area contributed by atoms with Crippen molar-refractivity contribution in [3.8, 4) is 0 Å². The van der Waals surface area contributed by atoms with Crippen LogP contribution in [-0.2, 0) is 0 Å². The van der Waals surface area contributed by atoms with E-state index in [0.717, 1.165) is 0 Å². The molecule has 0 aliphatic carbocycles. The maximum atomic E-state index is 3.94. The molecule has 2 rings (SSSR count). The van der Waals surface area contributed by atoms with Gasteiger partial charge in [0.05, 0.1) is 0 Å². The zero-order valence-electron chi connectivity index (χ0n) is 11.2. The highest BCUT2D eigenvalue weighted by Crippen LogP contribution is 2.28. The van der Waals surface area contributed by atoms with E-state index in [0.29, 0.717) is 0 Å². The molecule has 0 radical (unpaired) electrons. The zero-order chi connectivity index (χ0) is 13.2. The van der Waals surface area contributed by atoms with Crippen LogP contribution in [0.4, 0.5) is 0 Å². The number of alkyl halides is 1. The van der Waals surface area contributed by atoms with Crippen molar-refractivity contribution >= 4 is 34.4 Å². The van der Waals surface area contributed by atoms with E-state index in [-0.39, 0.29) is 3.95 Å². The van der Waals surface area contributed by atoms with E-state index >= 15 is 0 Å². The van der Waals surface area contributed by atoms with Gasteiger partial charge >= 0.3 is 0 Å². The van der Waals surface area contributed by atoms with Gasteiger partial charge in [0.15, 0.2) is 0 Å². The summed E-state index contributed by atoms with van der Waals surface area (Å²) in [5, 5.41) is 2.94. The molecule has 0 aliphatic rings. The second-order valence-electron chi connectivity index (χ2n) is 5.33. The van der Waals surface area contributed by atoms with Crippen molar-refractivity contribution in [2.75, 3.05) is 0 Å². The number of hydrogen-bond donors (Lipinski definition) is 0. The molecule has 0 saturated carbocycles. The summed E-state index contributed by atoms with van der Waals surface area (Å²) in [7, 11) is -1.79. The lowest BCUT2D eigenvalue weighted by molar-refractivity contribution is 0.988. The Morgan fingerprint density at radius 2 is 1.11 bits per heavy atom. The van der Waals surface area contributed by atoms with Gasteiger partial charge in [0.2, 0.25) is 0 Å². The number of halogens is 1. The van der Waals surface area contributed by atoms with Gasteiger partial charge in [-0.25, -0.2) is 0 Å². The van der Waals surface area contributed by atoms with Crippen LogP contribution >= 0.6 is 15.9 Å². The third kappa shape index (κ3) is 2.32. The average Bonchev–Trinajstić information content (AvgIpc) is 2.38. The maximum Gasteiger partial charge on any atom is 0.130 e. The lowest BCUT2D eigenvalue weighted by atomic mass is 10.4. The number of hydrogen-bond acceptors (Lipinski definition) is 0. The third-order valence-corrected chi connectivity index (χ3v) is 11.6. The molecule has 94 valence electrons. The molecule has 0 saturated heterocycles. The summed E-state index contributed by atoms with van der Waals surface area (Å²) in [6.07, 6.45) is 0. The first-order chi connectivity index (χ1) is 8.46. The van der Waals surface area contributed by atoms with Gasteiger partial charge in [-0.2, -0.15) is 0 Å². The second-order valence-corrected chi connectivity index (χ2v) is 12.7. The molecule has 0 aliphatic heterocycles. The fraction of sp³-hybridized carbons (Fsp3) is 0.250. The highest BCUT2D eigenvalue weighted by atomic mass is 79.9. The van der Waals surface area contributed by atoms with Gasteiger partial charge in [-0.1, -0.05) is 107 Å². The Balaban J connectivity index is 2.63. The quantitative estimate of drug-likeness (QED) is 0.599. The van der Waals surface area contributed by atoms with E-state index in [2.05, 4.69) is 97.0 Å². The van der Waals surface area contributed by atoms with Gasteiger partial charge in [0.1, 0.15) is 8.07 Å². The first-order valence-corrected chi connectivity index (χ1v) is 9.55. The molecule has 0 N–H and O–H groups in total. The number of benzene rings is 2. The first-order valence-electron chi connectivity index (χ1n) is 6.26. The Labute approximate surface area is 119 Å². The minimum absolute atomic E-state index is 0.114. The summed E-state index contributed by atoms with van der Waals surface area (Å²) < 4.78 is 0.114. The smallest absolute Gasteiger partial charge is 0.0886 e. The molecule has 0 bridgehead atoms. The molecule has 0 heterocycles. The van der Waals surface area contributed by atoms with Crippen molar-refractivity contribution in [2.45, 2.75) is 24.3 Å². The fourth-order valence-electron chi connectivity index (χ4n) is 2.40. The van der Waals surface area contributed by atoms with E-state index in [1.54, 1.807) is 0 Å². The minimum Gasteiger partial charge on any atom is -0.0886 e. The van der Waals surface area contributed by atoms with Crippen LogP contribution in [0.1, 0.15) is 13.8 Å². The van der Waals surface area contributed by atoms with Crippen molar-refractivity contribution in [2.24, 2.45) is 0 Å². The van der Waals surface area contributed by atoms with Crippen LogP contribution in [0.5, 0.6) is 0 Å². The molecule has 0 spiro atoms. The standard InChI is InChI=1S/C16H19BrSi/c1-16(2,17)18(3,14-10-6-4-7-11-14)15-12-8-5-9-13-15/h4-13H,1-3H3. The normalized spacial score (nSPS) is 12.4. The van der Waals surface area contributed by atoms with Crippen molar-refractivity contribution in [3.05, 3.63) is 60.7 Å². The lowest BCUT2D eigenvalue weighted by Gasteiger charge is -2.39. The highest BCUT2D eigenvalue weighted by molar-refractivity contribution is 9.10. The molecule has 2 aromatic carbocycles. The average molecular weight is 319 g/mol. The zero-order valence-corrected chi connectivity index (χ0v) is 13.7. The molecule has 0 fully saturated rings. The van der Waals surface area contributed by atoms with E-state index in [1.807, 2.05) is 0 Å². The summed E-state index contributed by atoms with van der Waals surface area (Å²) in [6, 6.07) is 21.8. The van der Waals surface area contributed by atoms with E-state index in [4.69, 9.17) is 0 Å². The monoisotopic (exact) mass is 318 g/mol. The van der Waals surface area contributed by atoms with Crippen molar-refractivity contribution < 1.29 is 0 Å². The van der Waals surface area contributed by atoms with Gasteiger partial charge < -0.3 is 0 Å².